The van der Waals surface area contributed by atoms with Gasteiger partial charge in [0.05, 0.1) is 10.7 Å². The van der Waals surface area contributed by atoms with E-state index in [0.717, 1.165) is 65.5 Å². The Kier molecular flexibility index (Phi) is 4.78. The second-order valence-corrected chi connectivity index (χ2v) is 8.43. The number of rotatable bonds is 3. The highest BCUT2D eigenvalue weighted by atomic mass is 32.1. The van der Waals surface area contributed by atoms with Crippen LogP contribution in [0.3, 0.4) is 0 Å². The molecule has 0 aliphatic carbocycles. The van der Waals surface area contributed by atoms with Crippen LogP contribution >= 0.6 is 11.3 Å². The quantitative estimate of drug-likeness (QED) is 0.684. The smallest absolute Gasteiger partial charge is 0.289 e. The van der Waals surface area contributed by atoms with Crippen molar-refractivity contribution >= 4 is 28.2 Å². The van der Waals surface area contributed by atoms with Crippen LogP contribution < -0.4 is 0 Å². The van der Waals surface area contributed by atoms with E-state index in [9.17, 15) is 4.79 Å². The number of piperazine rings is 1. The highest BCUT2D eigenvalue weighted by molar-refractivity contribution is 7.09. The number of furan rings is 1. The highest BCUT2D eigenvalue weighted by Gasteiger charge is 2.27. The third kappa shape index (κ3) is 3.39. The van der Waals surface area contributed by atoms with Gasteiger partial charge in [-0.2, -0.15) is 0 Å². The molecule has 0 radical (unpaired) electrons. The van der Waals surface area contributed by atoms with Crippen LogP contribution in [-0.2, 0) is 6.54 Å². The predicted molar refractivity (Wildman–Crippen MR) is 108 cm³/mol. The first-order valence-corrected chi connectivity index (χ1v) is 10.2. The number of fused-ring (bicyclic) bond motifs is 1. The molecule has 0 N–H and O–H groups in total. The summed E-state index contributed by atoms with van der Waals surface area (Å²) >= 11 is 1.69. The number of amides is 1. The summed E-state index contributed by atoms with van der Waals surface area (Å²) in [6.45, 7) is 12.1. The molecule has 1 aliphatic rings. The van der Waals surface area contributed by atoms with Gasteiger partial charge >= 0.3 is 0 Å². The molecule has 0 saturated carbocycles. The molecule has 0 spiro atoms. The summed E-state index contributed by atoms with van der Waals surface area (Å²) in [6.07, 6.45) is 0. The van der Waals surface area contributed by atoms with E-state index in [1.54, 1.807) is 11.3 Å². The van der Waals surface area contributed by atoms with Crippen LogP contribution in [0.4, 0.5) is 0 Å². The van der Waals surface area contributed by atoms with Gasteiger partial charge in [-0.25, -0.2) is 4.98 Å². The average Bonchev–Trinajstić information content (AvgIpc) is 3.22. The van der Waals surface area contributed by atoms with E-state index in [0.29, 0.717) is 5.76 Å². The second-order valence-electron chi connectivity index (χ2n) is 7.37. The number of aryl methyl sites for hydroxylation is 4. The third-order valence-electron chi connectivity index (χ3n) is 5.53. The lowest BCUT2D eigenvalue weighted by Gasteiger charge is -2.34. The minimum Gasteiger partial charge on any atom is -0.450 e. The van der Waals surface area contributed by atoms with Gasteiger partial charge in [-0.15, -0.1) is 11.3 Å². The van der Waals surface area contributed by atoms with Crippen LogP contribution in [0.2, 0.25) is 0 Å². The topological polar surface area (TPSA) is 49.6 Å². The number of carbonyl (C=O) groups is 1. The molecule has 5 nitrogen and oxygen atoms in total. The van der Waals surface area contributed by atoms with Gasteiger partial charge in [0.25, 0.3) is 5.91 Å². The van der Waals surface area contributed by atoms with Crippen LogP contribution in [0.15, 0.2) is 21.9 Å². The standard InChI is InChI=1S/C21H25N3O2S/c1-13-5-6-18-15(3)20(26-19(18)14(13)2)21(25)24-9-7-23(8-10-24)11-17-12-27-16(4)22-17/h5-6,12H,7-11H2,1-4H3. The number of hydrogen-bond acceptors (Lipinski definition) is 5. The van der Waals surface area contributed by atoms with Crippen LogP contribution in [-0.4, -0.2) is 46.9 Å². The van der Waals surface area contributed by atoms with E-state index < -0.39 is 0 Å². The monoisotopic (exact) mass is 383 g/mol. The molecule has 0 atom stereocenters. The number of benzene rings is 1. The van der Waals surface area contributed by atoms with Gasteiger partial charge in [0.15, 0.2) is 5.76 Å². The molecular formula is C21H25N3O2S. The van der Waals surface area contributed by atoms with Gasteiger partial charge < -0.3 is 9.32 Å². The fourth-order valence-electron chi connectivity index (χ4n) is 3.68. The van der Waals surface area contributed by atoms with Crippen molar-refractivity contribution in [3.05, 3.63) is 50.7 Å². The van der Waals surface area contributed by atoms with Crippen molar-refractivity contribution in [3.8, 4) is 0 Å². The maximum Gasteiger partial charge on any atom is 0.289 e. The fraction of sp³-hybridized carbons (Fsp3) is 0.429. The van der Waals surface area contributed by atoms with Gasteiger partial charge in [-0.3, -0.25) is 9.69 Å². The first-order chi connectivity index (χ1) is 12.9. The zero-order chi connectivity index (χ0) is 19.1. The van der Waals surface area contributed by atoms with Crippen molar-refractivity contribution in [2.24, 2.45) is 0 Å². The summed E-state index contributed by atoms with van der Waals surface area (Å²) in [5.41, 5.74) is 5.20. The van der Waals surface area contributed by atoms with E-state index in [2.05, 4.69) is 34.3 Å². The molecular weight excluding hydrogens is 358 g/mol. The minimum absolute atomic E-state index is 0.00454. The zero-order valence-electron chi connectivity index (χ0n) is 16.3. The van der Waals surface area contributed by atoms with Gasteiger partial charge in [-0.1, -0.05) is 12.1 Å². The van der Waals surface area contributed by atoms with E-state index >= 15 is 0 Å². The Bertz CT molecular complexity index is 996. The zero-order valence-corrected chi connectivity index (χ0v) is 17.2. The van der Waals surface area contributed by atoms with Crippen LogP contribution in [0.1, 0.15) is 37.9 Å². The highest BCUT2D eigenvalue weighted by Crippen LogP contribution is 2.30. The summed E-state index contributed by atoms with van der Waals surface area (Å²) < 4.78 is 6.04. The van der Waals surface area contributed by atoms with Crippen molar-refractivity contribution in [1.29, 1.82) is 0 Å². The number of nitrogens with zero attached hydrogens (tertiary/aromatic N) is 3. The van der Waals surface area contributed by atoms with Crippen LogP contribution in [0.5, 0.6) is 0 Å². The molecule has 2 aromatic heterocycles. The van der Waals surface area contributed by atoms with Crippen molar-refractivity contribution in [2.45, 2.75) is 34.2 Å². The summed E-state index contributed by atoms with van der Waals surface area (Å²) in [6, 6.07) is 4.15. The van der Waals surface area contributed by atoms with Crippen molar-refractivity contribution in [3.63, 3.8) is 0 Å². The maximum absolute atomic E-state index is 13.1. The Morgan fingerprint density at radius 2 is 1.85 bits per heavy atom. The van der Waals surface area contributed by atoms with Crippen LogP contribution in [0.25, 0.3) is 11.0 Å². The van der Waals surface area contributed by atoms with Gasteiger partial charge in [0, 0.05) is 49.1 Å². The Balaban J connectivity index is 1.47. The normalized spacial score (nSPS) is 15.6. The van der Waals surface area contributed by atoms with Crippen LogP contribution in [0, 0.1) is 27.7 Å². The van der Waals surface area contributed by atoms with E-state index in [1.807, 2.05) is 25.7 Å². The number of carbonyl (C=O) groups excluding carboxylic acids is 1. The Hall–Kier alpha value is -2.18. The molecule has 1 aliphatic heterocycles. The first kappa shape index (κ1) is 18.2. The average molecular weight is 384 g/mol. The van der Waals surface area contributed by atoms with Gasteiger partial charge in [0.1, 0.15) is 5.58 Å². The summed E-state index contributed by atoms with van der Waals surface area (Å²) in [7, 11) is 0. The predicted octanol–water partition coefficient (Wildman–Crippen LogP) is 4.08. The van der Waals surface area contributed by atoms with E-state index in [1.165, 1.54) is 5.56 Å². The molecule has 27 heavy (non-hydrogen) atoms. The molecule has 1 fully saturated rings. The number of aromatic nitrogens is 1. The molecule has 0 bridgehead atoms. The molecule has 6 heteroatoms. The minimum atomic E-state index is 0.00454. The summed E-state index contributed by atoms with van der Waals surface area (Å²) in [4.78, 5) is 21.9. The third-order valence-corrected chi connectivity index (χ3v) is 6.35. The number of hydrogen-bond donors (Lipinski definition) is 0. The fourth-order valence-corrected chi connectivity index (χ4v) is 4.29. The molecule has 1 saturated heterocycles. The van der Waals surface area contributed by atoms with Crippen molar-refractivity contribution in [1.82, 2.24) is 14.8 Å². The largest absolute Gasteiger partial charge is 0.450 e. The Morgan fingerprint density at radius 3 is 2.52 bits per heavy atom. The first-order valence-electron chi connectivity index (χ1n) is 9.36. The molecule has 142 valence electrons. The maximum atomic E-state index is 13.1. The SMILES string of the molecule is Cc1nc(CN2CCN(C(=O)c3oc4c(C)c(C)ccc4c3C)CC2)cs1. The summed E-state index contributed by atoms with van der Waals surface area (Å²) in [5.74, 6) is 0.493. The van der Waals surface area contributed by atoms with Crippen molar-refractivity contribution in [2.75, 3.05) is 26.2 Å². The van der Waals surface area contributed by atoms with Gasteiger partial charge in [0.2, 0.25) is 0 Å². The molecule has 1 aromatic carbocycles. The second kappa shape index (κ2) is 7.09. The lowest BCUT2D eigenvalue weighted by molar-refractivity contribution is 0.0598. The molecule has 4 rings (SSSR count). The Morgan fingerprint density at radius 1 is 1.11 bits per heavy atom. The Labute approximate surface area is 163 Å². The molecule has 0 unspecified atom stereocenters. The summed E-state index contributed by atoms with van der Waals surface area (Å²) in [5, 5.41) is 4.26. The van der Waals surface area contributed by atoms with E-state index in [4.69, 9.17) is 4.42 Å². The van der Waals surface area contributed by atoms with Crippen molar-refractivity contribution < 1.29 is 9.21 Å². The lowest BCUT2D eigenvalue weighted by atomic mass is 10.0. The number of thiazole rings is 1. The van der Waals surface area contributed by atoms with Gasteiger partial charge in [-0.05, 0) is 38.8 Å². The molecule has 1 amide bonds. The molecule has 3 heterocycles. The molecule has 3 aromatic rings. The lowest BCUT2D eigenvalue weighted by Crippen LogP contribution is -2.48. The van der Waals surface area contributed by atoms with E-state index in [-0.39, 0.29) is 5.91 Å².